The summed E-state index contributed by atoms with van der Waals surface area (Å²) in [6, 6.07) is 3.81. The Morgan fingerprint density at radius 2 is 1.60 bits per heavy atom. The first-order chi connectivity index (χ1) is 7.38. The van der Waals surface area contributed by atoms with Crippen LogP contribution in [0.1, 0.15) is 57.8 Å². The predicted octanol–water partition coefficient (Wildman–Crippen LogP) is 2.99. The van der Waals surface area contributed by atoms with Crippen molar-refractivity contribution in [1.29, 1.82) is 5.26 Å². The molecule has 0 aromatic carbocycles. The number of nitriles is 1. The molecule has 0 radical (unpaired) electrons. The zero-order chi connectivity index (χ0) is 10.5. The summed E-state index contributed by atoms with van der Waals surface area (Å²) in [5.74, 6) is 0.319. The van der Waals surface area contributed by atoms with E-state index < -0.39 is 0 Å². The van der Waals surface area contributed by atoms with Gasteiger partial charge in [-0.1, -0.05) is 25.7 Å². The fraction of sp³-hybridized carbons (Fsp3) is 0.923. The molecule has 2 heteroatoms. The second-order valence-electron chi connectivity index (χ2n) is 5.19. The third-order valence-electron chi connectivity index (χ3n) is 3.93. The van der Waals surface area contributed by atoms with E-state index in [0.717, 1.165) is 18.9 Å². The smallest absolute Gasteiger partial charge is 0.0656 e. The predicted molar refractivity (Wildman–Crippen MR) is 61.4 cm³/mol. The Labute approximate surface area is 93.0 Å². The molecule has 0 saturated heterocycles. The standard InChI is InChI=1S/C13H22N2/c14-10-11-5-4-8-13(9-11)15-12-6-2-1-3-7-12/h11-13,15H,1-9H2. The lowest BCUT2D eigenvalue weighted by atomic mass is 9.85. The van der Waals surface area contributed by atoms with Crippen molar-refractivity contribution < 1.29 is 0 Å². The van der Waals surface area contributed by atoms with Crippen molar-refractivity contribution in [3.05, 3.63) is 0 Å². The first-order valence-electron chi connectivity index (χ1n) is 6.54. The Morgan fingerprint density at radius 3 is 2.33 bits per heavy atom. The topological polar surface area (TPSA) is 35.8 Å². The lowest BCUT2D eigenvalue weighted by Gasteiger charge is -2.32. The van der Waals surface area contributed by atoms with Crippen molar-refractivity contribution in [2.45, 2.75) is 69.9 Å². The van der Waals surface area contributed by atoms with Gasteiger partial charge in [0.2, 0.25) is 0 Å². The van der Waals surface area contributed by atoms with Crippen molar-refractivity contribution in [2.75, 3.05) is 0 Å². The van der Waals surface area contributed by atoms with Crippen LogP contribution >= 0.6 is 0 Å². The summed E-state index contributed by atoms with van der Waals surface area (Å²) in [5, 5.41) is 12.7. The van der Waals surface area contributed by atoms with Crippen LogP contribution in [0.25, 0.3) is 0 Å². The Kier molecular flexibility index (Phi) is 4.02. The van der Waals surface area contributed by atoms with Crippen molar-refractivity contribution in [2.24, 2.45) is 5.92 Å². The summed E-state index contributed by atoms with van der Waals surface area (Å²) < 4.78 is 0. The van der Waals surface area contributed by atoms with Crippen LogP contribution in [0, 0.1) is 17.2 Å². The van der Waals surface area contributed by atoms with Crippen molar-refractivity contribution in [3.63, 3.8) is 0 Å². The Hall–Kier alpha value is -0.550. The van der Waals surface area contributed by atoms with Gasteiger partial charge in [0, 0.05) is 18.0 Å². The van der Waals surface area contributed by atoms with Gasteiger partial charge in [0.05, 0.1) is 6.07 Å². The summed E-state index contributed by atoms with van der Waals surface area (Å²) in [6.45, 7) is 0. The lowest BCUT2D eigenvalue weighted by Crippen LogP contribution is -2.41. The molecule has 2 rings (SSSR count). The molecule has 0 aliphatic heterocycles. The van der Waals surface area contributed by atoms with E-state index in [2.05, 4.69) is 11.4 Å². The average Bonchev–Trinajstić information content (AvgIpc) is 2.31. The summed E-state index contributed by atoms with van der Waals surface area (Å²) in [5.41, 5.74) is 0. The maximum atomic E-state index is 8.94. The largest absolute Gasteiger partial charge is 0.311 e. The minimum Gasteiger partial charge on any atom is -0.311 e. The van der Waals surface area contributed by atoms with Gasteiger partial charge in [-0.25, -0.2) is 0 Å². The molecule has 0 aromatic heterocycles. The first kappa shape index (κ1) is 11.0. The fourth-order valence-electron chi connectivity index (χ4n) is 3.06. The monoisotopic (exact) mass is 206 g/mol. The SMILES string of the molecule is N#CC1CCCC(NC2CCCCC2)C1. The summed E-state index contributed by atoms with van der Waals surface area (Å²) in [4.78, 5) is 0. The quantitative estimate of drug-likeness (QED) is 0.754. The van der Waals surface area contributed by atoms with Crippen LogP contribution < -0.4 is 5.32 Å². The molecule has 15 heavy (non-hydrogen) atoms. The third kappa shape index (κ3) is 3.21. The molecule has 2 aliphatic rings. The molecule has 2 saturated carbocycles. The number of hydrogen-bond donors (Lipinski definition) is 1. The Morgan fingerprint density at radius 1 is 0.867 bits per heavy atom. The highest BCUT2D eigenvalue weighted by molar-refractivity contribution is 4.91. The van der Waals surface area contributed by atoms with Crippen LogP contribution in [0.4, 0.5) is 0 Å². The third-order valence-corrected chi connectivity index (χ3v) is 3.93. The van der Waals surface area contributed by atoms with Crippen LogP contribution in [-0.4, -0.2) is 12.1 Å². The molecule has 2 unspecified atom stereocenters. The van der Waals surface area contributed by atoms with E-state index in [4.69, 9.17) is 5.26 Å². The molecule has 0 heterocycles. The maximum Gasteiger partial charge on any atom is 0.0656 e. The summed E-state index contributed by atoms with van der Waals surface area (Å²) >= 11 is 0. The van der Waals surface area contributed by atoms with E-state index in [1.165, 1.54) is 44.9 Å². The van der Waals surface area contributed by atoms with E-state index in [-0.39, 0.29) is 0 Å². The number of hydrogen-bond acceptors (Lipinski definition) is 2. The van der Waals surface area contributed by atoms with E-state index in [0.29, 0.717) is 12.0 Å². The van der Waals surface area contributed by atoms with Gasteiger partial charge in [-0.15, -0.1) is 0 Å². The zero-order valence-corrected chi connectivity index (χ0v) is 9.54. The average molecular weight is 206 g/mol. The molecular formula is C13H22N2. The second kappa shape index (κ2) is 5.51. The second-order valence-corrected chi connectivity index (χ2v) is 5.19. The summed E-state index contributed by atoms with van der Waals surface area (Å²) in [6.07, 6.45) is 11.7. The number of nitrogens with one attached hydrogen (secondary N) is 1. The molecule has 2 aliphatic carbocycles. The zero-order valence-electron chi connectivity index (χ0n) is 9.54. The van der Waals surface area contributed by atoms with Gasteiger partial charge in [-0.05, 0) is 32.1 Å². The van der Waals surface area contributed by atoms with Crippen LogP contribution in [0.2, 0.25) is 0 Å². The highest BCUT2D eigenvalue weighted by atomic mass is 15.0. The van der Waals surface area contributed by atoms with Gasteiger partial charge in [0.1, 0.15) is 0 Å². The van der Waals surface area contributed by atoms with Crippen molar-refractivity contribution in [3.8, 4) is 6.07 Å². The van der Waals surface area contributed by atoms with Gasteiger partial charge in [-0.3, -0.25) is 0 Å². The van der Waals surface area contributed by atoms with Gasteiger partial charge in [0.15, 0.2) is 0 Å². The van der Waals surface area contributed by atoms with E-state index in [1.807, 2.05) is 0 Å². The fourth-order valence-corrected chi connectivity index (χ4v) is 3.06. The van der Waals surface area contributed by atoms with Crippen LogP contribution in [0.15, 0.2) is 0 Å². The van der Waals surface area contributed by atoms with Crippen molar-refractivity contribution in [1.82, 2.24) is 5.32 Å². The van der Waals surface area contributed by atoms with Gasteiger partial charge >= 0.3 is 0 Å². The van der Waals surface area contributed by atoms with Gasteiger partial charge < -0.3 is 5.32 Å². The van der Waals surface area contributed by atoms with Crippen LogP contribution in [0.5, 0.6) is 0 Å². The molecule has 0 amide bonds. The Balaban J connectivity index is 1.75. The highest BCUT2D eigenvalue weighted by Gasteiger charge is 2.24. The van der Waals surface area contributed by atoms with Gasteiger partial charge in [-0.2, -0.15) is 5.26 Å². The number of rotatable bonds is 2. The molecule has 0 bridgehead atoms. The molecule has 2 nitrogen and oxygen atoms in total. The molecular weight excluding hydrogens is 184 g/mol. The van der Waals surface area contributed by atoms with Crippen LogP contribution in [0.3, 0.4) is 0 Å². The van der Waals surface area contributed by atoms with E-state index in [1.54, 1.807) is 0 Å². The molecule has 84 valence electrons. The normalized spacial score (nSPS) is 33.5. The molecule has 0 aromatic rings. The molecule has 2 atom stereocenters. The lowest BCUT2D eigenvalue weighted by molar-refractivity contribution is 0.269. The molecule has 2 fully saturated rings. The van der Waals surface area contributed by atoms with Gasteiger partial charge in [0.25, 0.3) is 0 Å². The summed E-state index contributed by atoms with van der Waals surface area (Å²) in [7, 11) is 0. The number of nitrogens with zero attached hydrogens (tertiary/aromatic N) is 1. The van der Waals surface area contributed by atoms with Crippen LogP contribution in [-0.2, 0) is 0 Å². The highest BCUT2D eigenvalue weighted by Crippen LogP contribution is 2.26. The minimum absolute atomic E-state index is 0.319. The Bertz CT molecular complexity index is 225. The van der Waals surface area contributed by atoms with Crippen molar-refractivity contribution >= 4 is 0 Å². The van der Waals surface area contributed by atoms with E-state index >= 15 is 0 Å². The van der Waals surface area contributed by atoms with E-state index in [9.17, 15) is 0 Å². The maximum absolute atomic E-state index is 8.94. The first-order valence-corrected chi connectivity index (χ1v) is 6.54. The molecule has 1 N–H and O–H groups in total. The molecule has 0 spiro atoms. The minimum atomic E-state index is 0.319.